The van der Waals surface area contributed by atoms with Gasteiger partial charge in [-0.2, -0.15) is 0 Å². The smallest absolute Gasteiger partial charge is 0.251 e. The molecule has 0 aliphatic carbocycles. The van der Waals surface area contributed by atoms with E-state index in [0.29, 0.717) is 37.4 Å². The predicted octanol–water partition coefficient (Wildman–Crippen LogP) is 1.14. The van der Waals surface area contributed by atoms with Crippen LogP contribution in [-0.4, -0.2) is 44.2 Å². The molecule has 22 heavy (non-hydrogen) atoms. The summed E-state index contributed by atoms with van der Waals surface area (Å²) < 4.78 is 5.32. The summed E-state index contributed by atoms with van der Waals surface area (Å²) in [5.74, 6) is -0.158. The molecule has 0 saturated carbocycles. The van der Waals surface area contributed by atoms with Gasteiger partial charge >= 0.3 is 0 Å². The second-order valence-corrected chi connectivity index (χ2v) is 5.31. The van der Waals surface area contributed by atoms with Gasteiger partial charge in [-0.15, -0.1) is 0 Å². The zero-order valence-corrected chi connectivity index (χ0v) is 12.9. The zero-order valence-electron chi connectivity index (χ0n) is 12.9. The normalized spacial score (nSPS) is 17.8. The van der Waals surface area contributed by atoms with E-state index in [1.807, 2.05) is 6.92 Å². The topological polar surface area (TPSA) is 79.5 Å². The third-order valence-electron chi connectivity index (χ3n) is 3.40. The van der Waals surface area contributed by atoms with Crippen molar-refractivity contribution in [3.05, 3.63) is 29.8 Å². The van der Waals surface area contributed by atoms with Gasteiger partial charge in [-0.3, -0.25) is 9.59 Å². The van der Waals surface area contributed by atoms with Crippen molar-refractivity contribution in [2.75, 3.05) is 31.6 Å². The van der Waals surface area contributed by atoms with E-state index in [2.05, 4.69) is 16.0 Å². The molecular formula is C16H23N3O3. The zero-order chi connectivity index (χ0) is 15.8. The van der Waals surface area contributed by atoms with Crippen LogP contribution < -0.4 is 16.0 Å². The average Bonchev–Trinajstić information content (AvgIpc) is 2.54. The fourth-order valence-corrected chi connectivity index (χ4v) is 2.23. The Morgan fingerprint density at radius 3 is 2.73 bits per heavy atom. The maximum atomic E-state index is 12.0. The summed E-state index contributed by atoms with van der Waals surface area (Å²) in [5.41, 5.74) is 1.28. The van der Waals surface area contributed by atoms with Gasteiger partial charge in [0.05, 0.1) is 13.2 Å². The average molecular weight is 305 g/mol. The number of carbonyl (C=O) groups is 2. The standard InChI is InChI=1S/C16H23N3O3/c1-2-7-18-16(21)12-3-5-13(6-4-12)19-15(20)10-14-11-22-9-8-17-14/h3-6,14,17H,2,7-11H2,1H3,(H,18,21)(H,19,20). The summed E-state index contributed by atoms with van der Waals surface area (Å²) in [4.78, 5) is 23.7. The van der Waals surface area contributed by atoms with Gasteiger partial charge in [0.1, 0.15) is 0 Å². The molecule has 1 saturated heterocycles. The fraction of sp³-hybridized carbons (Fsp3) is 0.500. The number of ether oxygens (including phenoxy) is 1. The molecule has 120 valence electrons. The quantitative estimate of drug-likeness (QED) is 0.736. The molecule has 2 amide bonds. The summed E-state index contributed by atoms with van der Waals surface area (Å²) in [7, 11) is 0. The summed E-state index contributed by atoms with van der Waals surface area (Å²) in [6, 6.07) is 6.96. The van der Waals surface area contributed by atoms with Crippen molar-refractivity contribution >= 4 is 17.5 Å². The molecule has 0 spiro atoms. The van der Waals surface area contributed by atoms with Gasteiger partial charge in [-0.05, 0) is 30.7 Å². The van der Waals surface area contributed by atoms with Crippen molar-refractivity contribution in [1.29, 1.82) is 0 Å². The predicted molar refractivity (Wildman–Crippen MR) is 84.9 cm³/mol. The molecule has 0 aromatic heterocycles. The van der Waals surface area contributed by atoms with Gasteiger partial charge in [-0.1, -0.05) is 6.92 Å². The van der Waals surface area contributed by atoms with Crippen LogP contribution in [0.15, 0.2) is 24.3 Å². The SMILES string of the molecule is CCCNC(=O)c1ccc(NC(=O)CC2COCCN2)cc1. The van der Waals surface area contributed by atoms with Gasteiger partial charge in [0, 0.05) is 36.8 Å². The Bertz CT molecular complexity index is 496. The first kappa shape index (κ1) is 16.5. The molecule has 0 radical (unpaired) electrons. The molecular weight excluding hydrogens is 282 g/mol. The van der Waals surface area contributed by atoms with E-state index >= 15 is 0 Å². The van der Waals surface area contributed by atoms with E-state index in [0.717, 1.165) is 13.0 Å². The van der Waals surface area contributed by atoms with Crippen LogP contribution in [-0.2, 0) is 9.53 Å². The highest BCUT2D eigenvalue weighted by Gasteiger charge is 2.16. The van der Waals surface area contributed by atoms with Crippen molar-refractivity contribution in [3.8, 4) is 0 Å². The first-order valence-electron chi connectivity index (χ1n) is 7.68. The molecule has 1 aliphatic heterocycles. The summed E-state index contributed by atoms with van der Waals surface area (Å²) in [5, 5.41) is 8.89. The molecule has 1 aliphatic rings. The van der Waals surface area contributed by atoms with Crippen molar-refractivity contribution in [1.82, 2.24) is 10.6 Å². The molecule has 6 nitrogen and oxygen atoms in total. The lowest BCUT2D eigenvalue weighted by atomic mass is 10.1. The van der Waals surface area contributed by atoms with E-state index in [1.54, 1.807) is 24.3 Å². The van der Waals surface area contributed by atoms with Gasteiger partial charge in [0.25, 0.3) is 5.91 Å². The van der Waals surface area contributed by atoms with Gasteiger partial charge in [0.2, 0.25) is 5.91 Å². The summed E-state index contributed by atoms with van der Waals surface area (Å²) >= 11 is 0. The Morgan fingerprint density at radius 1 is 1.32 bits per heavy atom. The lowest BCUT2D eigenvalue weighted by Crippen LogP contribution is -2.43. The van der Waals surface area contributed by atoms with Crippen LogP contribution in [0.4, 0.5) is 5.69 Å². The minimum atomic E-state index is -0.0942. The number of morpholine rings is 1. The minimum absolute atomic E-state index is 0.0628. The van der Waals surface area contributed by atoms with Crippen LogP contribution in [0.2, 0.25) is 0 Å². The Balaban J connectivity index is 1.82. The molecule has 1 atom stereocenters. The lowest BCUT2D eigenvalue weighted by molar-refractivity contribution is -0.117. The van der Waals surface area contributed by atoms with Crippen LogP contribution >= 0.6 is 0 Å². The first-order valence-corrected chi connectivity index (χ1v) is 7.68. The van der Waals surface area contributed by atoms with Gasteiger partial charge in [-0.25, -0.2) is 0 Å². The van der Waals surface area contributed by atoms with Gasteiger partial charge in [0.15, 0.2) is 0 Å². The summed E-state index contributed by atoms with van der Waals surface area (Å²) in [6.45, 7) is 4.70. The highest BCUT2D eigenvalue weighted by Crippen LogP contribution is 2.11. The molecule has 1 aromatic rings. The van der Waals surface area contributed by atoms with Crippen molar-refractivity contribution in [2.45, 2.75) is 25.8 Å². The number of amides is 2. The van der Waals surface area contributed by atoms with E-state index in [9.17, 15) is 9.59 Å². The van der Waals surface area contributed by atoms with E-state index in [-0.39, 0.29) is 17.9 Å². The molecule has 1 unspecified atom stereocenters. The number of carbonyl (C=O) groups excluding carboxylic acids is 2. The van der Waals surface area contributed by atoms with E-state index in [1.165, 1.54) is 0 Å². The number of anilines is 1. The fourth-order valence-electron chi connectivity index (χ4n) is 2.23. The maximum absolute atomic E-state index is 12.0. The van der Waals surface area contributed by atoms with E-state index in [4.69, 9.17) is 4.74 Å². The molecule has 0 bridgehead atoms. The van der Waals surface area contributed by atoms with Gasteiger partial charge < -0.3 is 20.7 Å². The van der Waals surface area contributed by atoms with E-state index < -0.39 is 0 Å². The molecule has 2 rings (SSSR count). The second-order valence-electron chi connectivity index (χ2n) is 5.31. The third-order valence-corrected chi connectivity index (χ3v) is 3.40. The Labute approximate surface area is 130 Å². The Hall–Kier alpha value is -1.92. The van der Waals surface area contributed by atoms with Crippen LogP contribution in [0.3, 0.4) is 0 Å². The lowest BCUT2D eigenvalue weighted by Gasteiger charge is -2.23. The third kappa shape index (κ3) is 5.13. The monoisotopic (exact) mass is 305 g/mol. The second kappa shape index (κ2) is 8.51. The van der Waals surface area contributed by atoms with Crippen molar-refractivity contribution in [3.63, 3.8) is 0 Å². The number of hydrogen-bond donors (Lipinski definition) is 3. The first-order chi connectivity index (χ1) is 10.7. The molecule has 1 fully saturated rings. The van der Waals surface area contributed by atoms with Crippen molar-refractivity contribution < 1.29 is 14.3 Å². The minimum Gasteiger partial charge on any atom is -0.378 e. The summed E-state index contributed by atoms with van der Waals surface area (Å²) in [6.07, 6.45) is 1.28. The maximum Gasteiger partial charge on any atom is 0.251 e. The Morgan fingerprint density at radius 2 is 2.09 bits per heavy atom. The largest absolute Gasteiger partial charge is 0.378 e. The van der Waals surface area contributed by atoms with Crippen molar-refractivity contribution in [2.24, 2.45) is 0 Å². The number of benzene rings is 1. The van der Waals surface area contributed by atoms with Crippen LogP contribution in [0.1, 0.15) is 30.1 Å². The number of hydrogen-bond acceptors (Lipinski definition) is 4. The van der Waals surface area contributed by atoms with Crippen LogP contribution in [0.25, 0.3) is 0 Å². The van der Waals surface area contributed by atoms with Crippen LogP contribution in [0.5, 0.6) is 0 Å². The number of nitrogens with one attached hydrogen (secondary N) is 3. The molecule has 1 heterocycles. The molecule has 6 heteroatoms. The van der Waals surface area contributed by atoms with Crippen LogP contribution in [0, 0.1) is 0 Å². The highest BCUT2D eigenvalue weighted by molar-refractivity contribution is 5.95. The highest BCUT2D eigenvalue weighted by atomic mass is 16.5. The number of rotatable bonds is 6. The Kier molecular flexibility index (Phi) is 6.36. The molecule has 3 N–H and O–H groups in total. The molecule has 1 aromatic carbocycles.